The summed E-state index contributed by atoms with van der Waals surface area (Å²) in [4.78, 5) is 12.0. The Morgan fingerprint density at radius 1 is 1.00 bits per heavy atom. The number of carbonyl (C=O) groups excluding carboxylic acids is 1. The van der Waals surface area contributed by atoms with Gasteiger partial charge in [-0.15, -0.1) is 10.2 Å². The van der Waals surface area contributed by atoms with Gasteiger partial charge in [-0.2, -0.15) is 13.2 Å². The number of aryl methyl sites for hydroxylation is 2. The van der Waals surface area contributed by atoms with E-state index in [0.717, 1.165) is 40.7 Å². The molecule has 0 radical (unpaired) electrons. The number of alkyl halides is 3. The van der Waals surface area contributed by atoms with E-state index in [2.05, 4.69) is 15.5 Å². The minimum atomic E-state index is -4.46. The van der Waals surface area contributed by atoms with Crippen molar-refractivity contribution in [1.29, 1.82) is 0 Å². The van der Waals surface area contributed by atoms with Crippen LogP contribution in [0.1, 0.15) is 16.7 Å². The summed E-state index contributed by atoms with van der Waals surface area (Å²) in [6.07, 6.45) is -4.46. The molecule has 0 unspecified atom stereocenters. The molecule has 1 aromatic heterocycles. The molecule has 0 fully saturated rings. The van der Waals surface area contributed by atoms with Crippen molar-refractivity contribution in [2.75, 3.05) is 11.1 Å². The van der Waals surface area contributed by atoms with E-state index in [-0.39, 0.29) is 11.4 Å². The average molecular weight is 417 g/mol. The predicted molar refractivity (Wildman–Crippen MR) is 108 cm³/mol. The summed E-state index contributed by atoms with van der Waals surface area (Å²) in [6, 6.07) is 14.1. The Hall–Kier alpha value is -2.87. The van der Waals surface area contributed by atoms with Crippen molar-refractivity contribution in [1.82, 2.24) is 10.2 Å². The van der Waals surface area contributed by atoms with Gasteiger partial charge >= 0.3 is 6.18 Å². The van der Waals surface area contributed by atoms with E-state index in [4.69, 9.17) is 0 Å². The molecule has 0 bridgehead atoms. The number of carbonyl (C=O) groups is 1. The van der Waals surface area contributed by atoms with Gasteiger partial charge in [0, 0.05) is 11.3 Å². The molecule has 0 atom stereocenters. The van der Waals surface area contributed by atoms with Gasteiger partial charge in [0.1, 0.15) is 5.03 Å². The second kappa shape index (κ2) is 8.65. The SMILES string of the molecule is Cc1ccc(-c2ccc(SCC(=O)Nc3cccc(C(F)(F)F)c3)nn2)cc1C. The number of hydrogen-bond donors (Lipinski definition) is 1. The fourth-order valence-electron chi connectivity index (χ4n) is 2.56. The molecule has 1 N–H and O–H groups in total. The molecule has 3 rings (SSSR count). The van der Waals surface area contributed by atoms with Gasteiger partial charge in [0.15, 0.2) is 0 Å². The van der Waals surface area contributed by atoms with Crippen molar-refractivity contribution in [3.8, 4) is 11.3 Å². The third kappa shape index (κ3) is 5.57. The maximum atomic E-state index is 12.7. The predicted octanol–water partition coefficient (Wildman–Crippen LogP) is 5.51. The molecule has 1 heterocycles. The van der Waals surface area contributed by atoms with Crippen LogP contribution in [-0.4, -0.2) is 21.9 Å². The van der Waals surface area contributed by atoms with Gasteiger partial charge in [0.05, 0.1) is 17.0 Å². The maximum absolute atomic E-state index is 12.7. The molecule has 1 amide bonds. The number of hydrogen-bond acceptors (Lipinski definition) is 4. The fraction of sp³-hybridized carbons (Fsp3) is 0.190. The molecule has 0 aliphatic heterocycles. The lowest BCUT2D eigenvalue weighted by molar-refractivity contribution is -0.137. The van der Waals surface area contributed by atoms with Crippen LogP contribution in [0.4, 0.5) is 18.9 Å². The van der Waals surface area contributed by atoms with E-state index >= 15 is 0 Å². The normalized spacial score (nSPS) is 11.3. The van der Waals surface area contributed by atoms with E-state index in [0.29, 0.717) is 5.03 Å². The molecular formula is C21H18F3N3OS. The zero-order valence-corrected chi connectivity index (χ0v) is 16.6. The van der Waals surface area contributed by atoms with Crippen molar-refractivity contribution >= 4 is 23.4 Å². The van der Waals surface area contributed by atoms with Crippen molar-refractivity contribution in [2.24, 2.45) is 0 Å². The van der Waals surface area contributed by atoms with Crippen LogP contribution in [0.5, 0.6) is 0 Å². The van der Waals surface area contributed by atoms with Gasteiger partial charge in [0.25, 0.3) is 0 Å². The lowest BCUT2D eigenvalue weighted by Gasteiger charge is -2.09. The van der Waals surface area contributed by atoms with E-state index in [9.17, 15) is 18.0 Å². The molecule has 0 spiro atoms. The van der Waals surface area contributed by atoms with Crippen LogP contribution in [0, 0.1) is 13.8 Å². The van der Waals surface area contributed by atoms with Crippen molar-refractivity contribution in [3.05, 3.63) is 71.3 Å². The summed E-state index contributed by atoms with van der Waals surface area (Å²) in [7, 11) is 0. The molecular weight excluding hydrogens is 399 g/mol. The van der Waals surface area contributed by atoms with E-state index in [1.165, 1.54) is 17.7 Å². The van der Waals surface area contributed by atoms with E-state index in [1.54, 1.807) is 6.07 Å². The minimum absolute atomic E-state index is 0.00785. The van der Waals surface area contributed by atoms with Gasteiger partial charge in [-0.25, -0.2) is 0 Å². The van der Waals surface area contributed by atoms with Crippen LogP contribution in [-0.2, 0) is 11.0 Å². The Bertz CT molecular complexity index is 1020. The van der Waals surface area contributed by atoms with Crippen molar-refractivity contribution in [2.45, 2.75) is 25.0 Å². The second-order valence-corrected chi connectivity index (χ2v) is 7.47. The number of rotatable bonds is 5. The zero-order chi connectivity index (χ0) is 21.0. The minimum Gasteiger partial charge on any atom is -0.325 e. The van der Waals surface area contributed by atoms with Crippen LogP contribution in [0.3, 0.4) is 0 Å². The smallest absolute Gasteiger partial charge is 0.325 e. The fourth-order valence-corrected chi connectivity index (χ4v) is 3.18. The molecule has 8 heteroatoms. The molecule has 4 nitrogen and oxygen atoms in total. The van der Waals surface area contributed by atoms with Gasteiger partial charge in [-0.3, -0.25) is 4.79 Å². The topological polar surface area (TPSA) is 54.9 Å². The van der Waals surface area contributed by atoms with Gasteiger partial charge in [-0.1, -0.05) is 30.0 Å². The summed E-state index contributed by atoms with van der Waals surface area (Å²) in [5, 5.41) is 11.3. The quantitative estimate of drug-likeness (QED) is 0.556. The zero-order valence-electron chi connectivity index (χ0n) is 15.7. The molecule has 0 aliphatic carbocycles. The highest BCUT2D eigenvalue weighted by Gasteiger charge is 2.30. The number of aromatic nitrogens is 2. The monoisotopic (exact) mass is 417 g/mol. The summed E-state index contributed by atoms with van der Waals surface area (Å²) >= 11 is 1.16. The van der Waals surface area contributed by atoms with Crippen LogP contribution in [0.25, 0.3) is 11.3 Å². The van der Waals surface area contributed by atoms with Crippen LogP contribution >= 0.6 is 11.8 Å². The first kappa shape index (κ1) is 20.9. The summed E-state index contributed by atoms with van der Waals surface area (Å²) in [5.41, 5.74) is 3.33. The first-order valence-corrected chi connectivity index (χ1v) is 9.72. The first-order chi connectivity index (χ1) is 13.7. The molecule has 0 aliphatic rings. The molecule has 150 valence electrons. The second-order valence-electron chi connectivity index (χ2n) is 6.47. The Balaban J connectivity index is 1.58. The Morgan fingerprint density at radius 2 is 1.79 bits per heavy atom. The number of thioether (sulfide) groups is 1. The maximum Gasteiger partial charge on any atom is 0.416 e. The molecule has 0 saturated heterocycles. The third-order valence-corrected chi connectivity index (χ3v) is 5.19. The summed E-state index contributed by atoms with van der Waals surface area (Å²) < 4.78 is 38.2. The summed E-state index contributed by atoms with van der Waals surface area (Å²) in [6.45, 7) is 4.06. The van der Waals surface area contributed by atoms with E-state index < -0.39 is 17.6 Å². The number of anilines is 1. The highest BCUT2D eigenvalue weighted by molar-refractivity contribution is 7.99. The van der Waals surface area contributed by atoms with Gasteiger partial charge in [0.2, 0.25) is 5.91 Å². The van der Waals surface area contributed by atoms with Crippen LogP contribution in [0.15, 0.2) is 59.6 Å². The third-order valence-electron chi connectivity index (χ3n) is 4.27. The largest absolute Gasteiger partial charge is 0.416 e. The van der Waals surface area contributed by atoms with Crippen LogP contribution < -0.4 is 5.32 Å². The first-order valence-electron chi connectivity index (χ1n) is 8.73. The van der Waals surface area contributed by atoms with E-state index in [1.807, 2.05) is 38.1 Å². The van der Waals surface area contributed by atoms with Gasteiger partial charge in [-0.05, 0) is 61.4 Å². The average Bonchev–Trinajstić information content (AvgIpc) is 2.68. The number of nitrogens with one attached hydrogen (secondary N) is 1. The Kier molecular flexibility index (Phi) is 6.22. The Morgan fingerprint density at radius 3 is 2.45 bits per heavy atom. The molecule has 29 heavy (non-hydrogen) atoms. The molecule has 3 aromatic rings. The Labute approximate surface area is 170 Å². The van der Waals surface area contributed by atoms with Crippen molar-refractivity contribution in [3.63, 3.8) is 0 Å². The molecule has 0 saturated carbocycles. The lowest BCUT2D eigenvalue weighted by atomic mass is 10.0. The molecule has 2 aromatic carbocycles. The number of nitrogens with zero attached hydrogens (tertiary/aromatic N) is 2. The highest BCUT2D eigenvalue weighted by atomic mass is 32.2. The number of benzene rings is 2. The van der Waals surface area contributed by atoms with Crippen molar-refractivity contribution < 1.29 is 18.0 Å². The highest BCUT2D eigenvalue weighted by Crippen LogP contribution is 2.30. The lowest BCUT2D eigenvalue weighted by Crippen LogP contribution is -2.15. The van der Waals surface area contributed by atoms with Gasteiger partial charge < -0.3 is 5.32 Å². The number of halogens is 3. The summed E-state index contributed by atoms with van der Waals surface area (Å²) in [5.74, 6) is -0.414. The van der Waals surface area contributed by atoms with Crippen LogP contribution in [0.2, 0.25) is 0 Å². The standard InChI is InChI=1S/C21H18F3N3OS/c1-13-6-7-15(10-14(13)2)18-8-9-20(27-26-18)29-12-19(28)25-17-5-3-4-16(11-17)21(22,23)24/h3-11H,12H2,1-2H3,(H,25,28). The number of amides is 1.